The van der Waals surface area contributed by atoms with Crippen molar-refractivity contribution in [1.29, 1.82) is 0 Å². The van der Waals surface area contributed by atoms with Crippen LogP contribution in [-0.4, -0.2) is 5.97 Å². The number of hydrogen-bond donors (Lipinski definition) is 0. The normalized spacial score (nSPS) is 11.7. The Labute approximate surface area is 99.4 Å². The van der Waals surface area contributed by atoms with Gasteiger partial charge in [-0.2, -0.15) is 0 Å². The van der Waals surface area contributed by atoms with Crippen molar-refractivity contribution in [3.05, 3.63) is 24.0 Å². The Kier molecular flexibility index (Phi) is 7.61. The molecule has 92 valence electrons. The lowest BCUT2D eigenvalue weighted by molar-refractivity contribution is -0.135. The number of carbonyl (C=O) groups is 1. The van der Waals surface area contributed by atoms with Crippen LogP contribution in [0.15, 0.2) is 24.0 Å². The van der Waals surface area contributed by atoms with E-state index in [1.807, 2.05) is 13.0 Å². The number of esters is 1. The van der Waals surface area contributed by atoms with Crippen LogP contribution in [0.5, 0.6) is 0 Å². The van der Waals surface area contributed by atoms with Crippen LogP contribution in [0.4, 0.5) is 0 Å². The zero-order valence-corrected chi connectivity index (χ0v) is 11.0. The molecule has 0 saturated carbocycles. The molecule has 0 unspecified atom stereocenters. The predicted molar refractivity (Wildman–Crippen MR) is 68.0 cm³/mol. The topological polar surface area (TPSA) is 26.3 Å². The SMILES string of the molecule is C=C(C)C(=O)O/C(=C\CC(CC)CC)CC. The lowest BCUT2D eigenvalue weighted by Gasteiger charge is -2.11. The highest BCUT2D eigenvalue weighted by Gasteiger charge is 2.07. The third-order valence-corrected chi connectivity index (χ3v) is 2.75. The van der Waals surface area contributed by atoms with Gasteiger partial charge in [0, 0.05) is 12.0 Å². The van der Waals surface area contributed by atoms with Crippen molar-refractivity contribution in [1.82, 2.24) is 0 Å². The molecular weight excluding hydrogens is 200 g/mol. The number of carbonyl (C=O) groups excluding carboxylic acids is 1. The average molecular weight is 224 g/mol. The number of hydrogen-bond acceptors (Lipinski definition) is 2. The molecule has 0 amide bonds. The Balaban J connectivity index is 4.31. The van der Waals surface area contributed by atoms with Gasteiger partial charge in [-0.05, 0) is 25.3 Å². The summed E-state index contributed by atoms with van der Waals surface area (Å²) in [6, 6.07) is 0. The van der Waals surface area contributed by atoms with E-state index < -0.39 is 0 Å². The molecule has 2 nitrogen and oxygen atoms in total. The zero-order chi connectivity index (χ0) is 12.6. The van der Waals surface area contributed by atoms with E-state index in [0.29, 0.717) is 11.5 Å². The maximum Gasteiger partial charge on any atom is 0.338 e. The van der Waals surface area contributed by atoms with Crippen LogP contribution in [0.3, 0.4) is 0 Å². The average Bonchev–Trinajstić information content (AvgIpc) is 2.28. The fourth-order valence-corrected chi connectivity index (χ4v) is 1.38. The van der Waals surface area contributed by atoms with Crippen molar-refractivity contribution in [2.75, 3.05) is 0 Å². The molecule has 0 saturated heterocycles. The van der Waals surface area contributed by atoms with Crippen LogP contribution in [0, 0.1) is 5.92 Å². The summed E-state index contributed by atoms with van der Waals surface area (Å²) in [7, 11) is 0. The second-order valence-corrected chi connectivity index (χ2v) is 4.11. The predicted octanol–water partition coefficient (Wildman–Crippen LogP) is 4.23. The van der Waals surface area contributed by atoms with Gasteiger partial charge in [0.2, 0.25) is 0 Å². The molecule has 0 atom stereocenters. The van der Waals surface area contributed by atoms with Gasteiger partial charge >= 0.3 is 5.97 Å². The second kappa shape index (κ2) is 8.14. The van der Waals surface area contributed by atoms with E-state index in [4.69, 9.17) is 4.74 Å². The van der Waals surface area contributed by atoms with Gasteiger partial charge in [0.15, 0.2) is 0 Å². The summed E-state index contributed by atoms with van der Waals surface area (Å²) >= 11 is 0. The smallest absolute Gasteiger partial charge is 0.338 e. The van der Waals surface area contributed by atoms with Crippen LogP contribution < -0.4 is 0 Å². The molecule has 0 radical (unpaired) electrons. The molecule has 0 aromatic heterocycles. The van der Waals surface area contributed by atoms with Crippen molar-refractivity contribution in [2.24, 2.45) is 5.92 Å². The highest BCUT2D eigenvalue weighted by atomic mass is 16.5. The van der Waals surface area contributed by atoms with Gasteiger partial charge in [-0.15, -0.1) is 0 Å². The lowest BCUT2D eigenvalue weighted by atomic mass is 9.99. The molecule has 0 rings (SSSR count). The fourth-order valence-electron chi connectivity index (χ4n) is 1.38. The summed E-state index contributed by atoms with van der Waals surface area (Å²) in [5.41, 5.74) is 0.446. The molecule has 0 aromatic rings. The Bertz CT molecular complexity index is 260. The standard InChI is InChI=1S/C14H24O2/c1-6-12(7-2)9-10-13(8-3)16-14(15)11(4)5/h10,12H,4,6-9H2,1-3,5H3/b13-10-. The van der Waals surface area contributed by atoms with E-state index in [-0.39, 0.29) is 5.97 Å². The van der Waals surface area contributed by atoms with Crippen LogP contribution in [0.25, 0.3) is 0 Å². The van der Waals surface area contributed by atoms with Crippen molar-refractivity contribution in [3.63, 3.8) is 0 Å². The van der Waals surface area contributed by atoms with E-state index in [2.05, 4.69) is 20.4 Å². The summed E-state index contributed by atoms with van der Waals surface area (Å²) in [4.78, 5) is 11.3. The summed E-state index contributed by atoms with van der Waals surface area (Å²) in [5.74, 6) is 1.13. The van der Waals surface area contributed by atoms with E-state index in [1.165, 1.54) is 12.8 Å². The van der Waals surface area contributed by atoms with Gasteiger partial charge in [-0.25, -0.2) is 4.79 Å². The number of allylic oxidation sites excluding steroid dienone is 2. The Hall–Kier alpha value is -1.05. The monoisotopic (exact) mass is 224 g/mol. The summed E-state index contributed by atoms with van der Waals surface area (Å²) in [5, 5.41) is 0. The van der Waals surface area contributed by atoms with Crippen molar-refractivity contribution in [3.8, 4) is 0 Å². The highest BCUT2D eigenvalue weighted by molar-refractivity contribution is 5.87. The first-order chi connectivity index (χ1) is 7.54. The Morgan fingerprint density at radius 1 is 1.31 bits per heavy atom. The van der Waals surface area contributed by atoms with Gasteiger partial charge in [0.25, 0.3) is 0 Å². The quantitative estimate of drug-likeness (QED) is 0.367. The van der Waals surface area contributed by atoms with E-state index in [1.54, 1.807) is 6.92 Å². The van der Waals surface area contributed by atoms with Crippen LogP contribution in [-0.2, 0) is 9.53 Å². The molecule has 0 N–H and O–H groups in total. The van der Waals surface area contributed by atoms with Gasteiger partial charge < -0.3 is 4.74 Å². The lowest BCUT2D eigenvalue weighted by Crippen LogP contribution is -2.05. The maximum absolute atomic E-state index is 11.3. The first kappa shape index (κ1) is 14.9. The molecule has 0 aromatic carbocycles. The van der Waals surface area contributed by atoms with E-state index >= 15 is 0 Å². The molecule has 0 fully saturated rings. The number of rotatable bonds is 7. The number of ether oxygens (including phenoxy) is 1. The van der Waals surface area contributed by atoms with Gasteiger partial charge in [0.05, 0.1) is 0 Å². The Morgan fingerprint density at radius 2 is 1.88 bits per heavy atom. The summed E-state index contributed by atoms with van der Waals surface area (Å²) in [6.07, 6.45) is 6.11. The second-order valence-electron chi connectivity index (χ2n) is 4.11. The zero-order valence-electron chi connectivity index (χ0n) is 11.0. The van der Waals surface area contributed by atoms with Crippen LogP contribution >= 0.6 is 0 Å². The summed E-state index contributed by atoms with van der Waals surface area (Å²) in [6.45, 7) is 11.6. The minimum absolute atomic E-state index is 0.322. The third kappa shape index (κ3) is 5.74. The molecule has 0 spiro atoms. The van der Waals surface area contributed by atoms with Crippen molar-refractivity contribution < 1.29 is 9.53 Å². The summed E-state index contributed by atoms with van der Waals surface area (Å²) < 4.78 is 5.22. The molecule has 0 bridgehead atoms. The highest BCUT2D eigenvalue weighted by Crippen LogP contribution is 2.16. The first-order valence-electron chi connectivity index (χ1n) is 6.11. The van der Waals surface area contributed by atoms with Gasteiger partial charge in [0.1, 0.15) is 5.76 Å². The van der Waals surface area contributed by atoms with Gasteiger partial charge in [-0.1, -0.05) is 40.2 Å². The maximum atomic E-state index is 11.3. The molecule has 0 heterocycles. The van der Waals surface area contributed by atoms with E-state index in [9.17, 15) is 4.79 Å². The van der Waals surface area contributed by atoms with E-state index in [0.717, 1.165) is 18.6 Å². The molecule has 2 heteroatoms. The fraction of sp³-hybridized carbons (Fsp3) is 0.643. The molecule has 0 aliphatic heterocycles. The first-order valence-corrected chi connectivity index (χ1v) is 6.11. The van der Waals surface area contributed by atoms with Crippen LogP contribution in [0.2, 0.25) is 0 Å². The van der Waals surface area contributed by atoms with Gasteiger partial charge in [-0.3, -0.25) is 0 Å². The minimum atomic E-state index is -0.322. The third-order valence-electron chi connectivity index (χ3n) is 2.75. The Morgan fingerprint density at radius 3 is 2.25 bits per heavy atom. The molecule has 16 heavy (non-hydrogen) atoms. The largest absolute Gasteiger partial charge is 0.428 e. The van der Waals surface area contributed by atoms with Crippen molar-refractivity contribution in [2.45, 2.75) is 53.4 Å². The minimum Gasteiger partial charge on any atom is -0.428 e. The molecule has 0 aliphatic carbocycles. The molecule has 0 aliphatic rings. The van der Waals surface area contributed by atoms with Crippen molar-refractivity contribution >= 4 is 5.97 Å². The van der Waals surface area contributed by atoms with Crippen LogP contribution in [0.1, 0.15) is 53.4 Å². The molecular formula is C14H24O2.